The van der Waals surface area contributed by atoms with Crippen LogP contribution in [0, 0.1) is 5.92 Å². The molecule has 3 aromatic rings. The molecule has 10 heteroatoms. The van der Waals surface area contributed by atoms with Crippen molar-refractivity contribution < 1.29 is 33.7 Å². The van der Waals surface area contributed by atoms with Crippen molar-refractivity contribution in [3.05, 3.63) is 71.8 Å². The number of carboxylic acids is 1. The molecular weight excluding hydrogens is 550 g/mol. The number of hydrogen-bond donors (Lipinski definition) is 2. The van der Waals surface area contributed by atoms with Gasteiger partial charge in [-0.15, -0.1) is 0 Å². The Hall–Kier alpha value is -4.57. The van der Waals surface area contributed by atoms with E-state index in [1.165, 1.54) is 19.1 Å². The third-order valence-corrected chi connectivity index (χ3v) is 7.70. The lowest BCUT2D eigenvalue weighted by molar-refractivity contribution is -0.137. The van der Waals surface area contributed by atoms with Gasteiger partial charge in [0.2, 0.25) is 5.91 Å². The summed E-state index contributed by atoms with van der Waals surface area (Å²) in [4.78, 5) is 41.5. The molecule has 0 bridgehead atoms. The molecule has 5 rings (SSSR count). The average molecular weight is 588 g/mol. The molecule has 0 atom stereocenters. The Morgan fingerprint density at radius 2 is 1.70 bits per heavy atom. The Morgan fingerprint density at radius 3 is 2.40 bits per heavy atom. The minimum atomic E-state index is -0.986. The smallest absolute Gasteiger partial charge is 0.305 e. The van der Waals surface area contributed by atoms with Crippen LogP contribution in [0.5, 0.6) is 11.5 Å². The number of rotatable bonds is 12. The molecule has 1 aliphatic carbocycles. The topological polar surface area (TPSA) is 118 Å². The van der Waals surface area contributed by atoms with Gasteiger partial charge in [0, 0.05) is 37.7 Å². The standard InChI is InChI=1S/C33H37N3O7/c1-41-29-11-9-26(20-30(29)42-2)33(40)36(13-12-31(37)38)21-22-4-3-5-24(18-22)25-8-10-28(35-14-16-43-17-15-35)27(19-25)34-32(39)23-6-7-23/h3-5,8-11,18-20,23H,6-7,12-17,21H2,1-2H3,(H,34,39)(H,37,38). The zero-order chi connectivity index (χ0) is 30.3. The molecule has 2 N–H and O–H groups in total. The monoisotopic (exact) mass is 587 g/mol. The van der Waals surface area contributed by atoms with E-state index in [0.29, 0.717) is 30.3 Å². The van der Waals surface area contributed by atoms with E-state index in [1.807, 2.05) is 42.5 Å². The lowest BCUT2D eigenvalue weighted by Gasteiger charge is -2.31. The number of anilines is 2. The van der Waals surface area contributed by atoms with E-state index in [4.69, 9.17) is 14.2 Å². The second kappa shape index (κ2) is 13.6. The summed E-state index contributed by atoms with van der Waals surface area (Å²) in [5, 5.41) is 12.5. The van der Waals surface area contributed by atoms with Crippen LogP contribution in [-0.2, 0) is 20.9 Å². The van der Waals surface area contributed by atoms with E-state index in [2.05, 4.69) is 10.2 Å². The number of nitrogens with one attached hydrogen (secondary N) is 1. The van der Waals surface area contributed by atoms with Gasteiger partial charge in [-0.2, -0.15) is 0 Å². The number of carbonyl (C=O) groups is 3. The van der Waals surface area contributed by atoms with E-state index in [9.17, 15) is 19.5 Å². The number of morpholine rings is 1. The summed E-state index contributed by atoms with van der Waals surface area (Å²) in [6.07, 6.45) is 1.65. The van der Waals surface area contributed by atoms with Crippen LogP contribution in [-0.4, -0.2) is 74.9 Å². The van der Waals surface area contributed by atoms with Crippen LogP contribution < -0.4 is 19.7 Å². The van der Waals surface area contributed by atoms with Gasteiger partial charge in [0.05, 0.1) is 45.2 Å². The quantitative estimate of drug-likeness (QED) is 0.314. The van der Waals surface area contributed by atoms with Crippen molar-refractivity contribution >= 4 is 29.2 Å². The number of benzene rings is 3. The molecule has 1 saturated carbocycles. The van der Waals surface area contributed by atoms with Crippen LogP contribution in [0.2, 0.25) is 0 Å². The molecule has 0 radical (unpaired) electrons. The molecule has 0 spiro atoms. The normalized spacial score (nSPS) is 14.6. The number of ether oxygens (including phenoxy) is 3. The number of nitrogens with zero attached hydrogens (tertiary/aromatic N) is 2. The minimum absolute atomic E-state index is 0.0400. The molecule has 2 amide bonds. The summed E-state index contributed by atoms with van der Waals surface area (Å²) in [5.74, 6) is -0.269. The minimum Gasteiger partial charge on any atom is -0.493 e. The van der Waals surface area contributed by atoms with Crippen molar-refractivity contribution in [2.75, 3.05) is 57.3 Å². The fourth-order valence-electron chi connectivity index (χ4n) is 5.18. The first kappa shape index (κ1) is 29.9. The van der Waals surface area contributed by atoms with E-state index >= 15 is 0 Å². The van der Waals surface area contributed by atoms with E-state index in [1.54, 1.807) is 18.2 Å². The zero-order valence-corrected chi connectivity index (χ0v) is 24.5. The molecule has 3 aromatic carbocycles. The third-order valence-electron chi connectivity index (χ3n) is 7.70. The van der Waals surface area contributed by atoms with Crippen molar-refractivity contribution in [2.24, 2.45) is 5.92 Å². The summed E-state index contributed by atoms with van der Waals surface area (Å²) >= 11 is 0. The lowest BCUT2D eigenvalue weighted by atomic mass is 10.0. The highest BCUT2D eigenvalue weighted by Crippen LogP contribution is 2.36. The van der Waals surface area contributed by atoms with Gasteiger partial charge in [0.15, 0.2) is 11.5 Å². The molecule has 0 aromatic heterocycles. The highest BCUT2D eigenvalue weighted by molar-refractivity contribution is 5.98. The molecule has 1 aliphatic heterocycles. The Morgan fingerprint density at radius 1 is 0.953 bits per heavy atom. The van der Waals surface area contributed by atoms with Gasteiger partial charge in [-0.3, -0.25) is 14.4 Å². The predicted molar refractivity (Wildman–Crippen MR) is 163 cm³/mol. The summed E-state index contributed by atoms with van der Waals surface area (Å²) in [6.45, 7) is 3.03. The highest BCUT2D eigenvalue weighted by Gasteiger charge is 2.30. The van der Waals surface area contributed by atoms with Gasteiger partial charge < -0.3 is 34.4 Å². The predicted octanol–water partition coefficient (Wildman–Crippen LogP) is 4.67. The number of carbonyl (C=O) groups excluding carboxylic acids is 2. The van der Waals surface area contributed by atoms with Crippen LogP contribution in [0.25, 0.3) is 11.1 Å². The Balaban J connectivity index is 1.41. The molecule has 226 valence electrons. The van der Waals surface area contributed by atoms with Gasteiger partial charge in [-0.05, 0) is 65.9 Å². The number of amides is 2. The molecule has 2 fully saturated rings. The summed E-state index contributed by atoms with van der Waals surface area (Å²) < 4.78 is 16.2. The van der Waals surface area contributed by atoms with E-state index in [-0.39, 0.29) is 37.2 Å². The summed E-state index contributed by atoms with van der Waals surface area (Å²) in [5.41, 5.74) is 4.80. The number of aliphatic carboxylic acids is 1. The van der Waals surface area contributed by atoms with Crippen molar-refractivity contribution in [1.29, 1.82) is 0 Å². The summed E-state index contributed by atoms with van der Waals surface area (Å²) in [6, 6.07) is 18.8. The van der Waals surface area contributed by atoms with Crippen molar-refractivity contribution in [2.45, 2.75) is 25.8 Å². The van der Waals surface area contributed by atoms with Gasteiger partial charge in [-0.25, -0.2) is 0 Å². The molecular formula is C33H37N3O7. The Bertz CT molecular complexity index is 1480. The summed E-state index contributed by atoms with van der Waals surface area (Å²) in [7, 11) is 3.02. The zero-order valence-electron chi connectivity index (χ0n) is 24.5. The highest BCUT2D eigenvalue weighted by atomic mass is 16.5. The van der Waals surface area contributed by atoms with E-state index in [0.717, 1.165) is 54.0 Å². The van der Waals surface area contributed by atoms with Crippen LogP contribution >= 0.6 is 0 Å². The molecule has 0 unspecified atom stereocenters. The third kappa shape index (κ3) is 7.45. The second-order valence-electron chi connectivity index (χ2n) is 10.7. The maximum Gasteiger partial charge on any atom is 0.305 e. The van der Waals surface area contributed by atoms with Gasteiger partial charge >= 0.3 is 5.97 Å². The fourth-order valence-corrected chi connectivity index (χ4v) is 5.18. The molecule has 1 saturated heterocycles. The molecule has 10 nitrogen and oxygen atoms in total. The maximum atomic E-state index is 13.6. The first-order chi connectivity index (χ1) is 20.9. The number of methoxy groups -OCH3 is 2. The maximum absolute atomic E-state index is 13.6. The first-order valence-corrected chi connectivity index (χ1v) is 14.5. The van der Waals surface area contributed by atoms with Crippen LogP contribution in [0.4, 0.5) is 11.4 Å². The van der Waals surface area contributed by atoms with Gasteiger partial charge in [0.25, 0.3) is 5.91 Å². The van der Waals surface area contributed by atoms with Crippen LogP contribution in [0.3, 0.4) is 0 Å². The Kier molecular flexibility index (Phi) is 9.46. The second-order valence-corrected chi connectivity index (χ2v) is 10.7. The molecule has 1 heterocycles. The Labute approximate surface area is 251 Å². The van der Waals surface area contributed by atoms with Crippen molar-refractivity contribution in [3.8, 4) is 22.6 Å². The van der Waals surface area contributed by atoms with E-state index < -0.39 is 5.97 Å². The van der Waals surface area contributed by atoms with Gasteiger partial charge in [-0.1, -0.05) is 24.3 Å². The van der Waals surface area contributed by atoms with Crippen molar-refractivity contribution in [3.63, 3.8) is 0 Å². The molecule has 43 heavy (non-hydrogen) atoms. The first-order valence-electron chi connectivity index (χ1n) is 14.5. The number of hydrogen-bond acceptors (Lipinski definition) is 7. The van der Waals surface area contributed by atoms with Gasteiger partial charge in [0.1, 0.15) is 0 Å². The van der Waals surface area contributed by atoms with Crippen LogP contribution in [0.15, 0.2) is 60.7 Å². The average Bonchev–Trinajstić information content (AvgIpc) is 3.89. The fraction of sp³-hybridized carbons (Fsp3) is 0.364. The SMILES string of the molecule is COc1ccc(C(=O)N(CCC(=O)O)Cc2cccc(-c3ccc(N4CCOCC4)c(NC(=O)C4CC4)c3)c2)cc1OC. The molecule has 2 aliphatic rings. The lowest BCUT2D eigenvalue weighted by Crippen LogP contribution is -2.36. The largest absolute Gasteiger partial charge is 0.493 e. The van der Waals surface area contributed by atoms with Crippen molar-refractivity contribution in [1.82, 2.24) is 4.90 Å². The number of carboxylic acid groups (broad SMARTS) is 1. The van der Waals surface area contributed by atoms with Crippen LogP contribution in [0.1, 0.15) is 35.2 Å².